The molecule has 19 heavy (non-hydrogen) atoms. The molecule has 5 nitrogen and oxygen atoms in total. The van der Waals surface area contributed by atoms with Gasteiger partial charge in [-0.2, -0.15) is 5.26 Å². The van der Waals surface area contributed by atoms with Gasteiger partial charge in [0, 0.05) is 20.3 Å². The summed E-state index contributed by atoms with van der Waals surface area (Å²) in [5.41, 5.74) is 1.97. The number of nitrogens with zero attached hydrogens (tertiary/aromatic N) is 3. The third-order valence-electron chi connectivity index (χ3n) is 2.92. The van der Waals surface area contributed by atoms with E-state index in [4.69, 9.17) is 9.47 Å². The molecule has 0 radical (unpaired) electrons. The van der Waals surface area contributed by atoms with Crippen LogP contribution >= 0.6 is 0 Å². The van der Waals surface area contributed by atoms with Crippen LogP contribution in [-0.4, -0.2) is 33.3 Å². The minimum Gasteiger partial charge on any atom is -0.496 e. The van der Waals surface area contributed by atoms with Crippen molar-refractivity contribution in [2.24, 2.45) is 0 Å². The summed E-state index contributed by atoms with van der Waals surface area (Å²) >= 11 is 0. The van der Waals surface area contributed by atoms with Crippen molar-refractivity contribution in [3.05, 3.63) is 23.9 Å². The minimum absolute atomic E-state index is 0.504. The molecule has 0 bridgehead atoms. The topological polar surface area (TPSA) is 58.4 Å². The molecule has 0 atom stereocenters. The molecule has 0 amide bonds. The lowest BCUT2D eigenvalue weighted by atomic mass is 10.1. The number of methoxy groups -OCH3 is 2. The van der Waals surface area contributed by atoms with E-state index in [0.29, 0.717) is 22.6 Å². The Bertz CT molecular complexity index is 660. The van der Waals surface area contributed by atoms with Gasteiger partial charge in [0.15, 0.2) is 0 Å². The lowest BCUT2D eigenvalue weighted by Gasteiger charge is -2.19. The van der Waals surface area contributed by atoms with Crippen molar-refractivity contribution in [2.75, 3.05) is 33.2 Å². The maximum Gasteiger partial charge on any atom is 0.145 e. The summed E-state index contributed by atoms with van der Waals surface area (Å²) in [4.78, 5) is 6.20. The van der Waals surface area contributed by atoms with Crippen LogP contribution in [0.2, 0.25) is 0 Å². The SMILES string of the molecule is COc1ccc(OC)c2c(N(C)C)c(C#N)cnc12. The quantitative estimate of drug-likeness (QED) is 0.843. The molecular weight excluding hydrogens is 242 g/mol. The molecule has 1 heterocycles. The first-order valence-electron chi connectivity index (χ1n) is 5.75. The molecule has 5 heteroatoms. The van der Waals surface area contributed by atoms with Gasteiger partial charge in [-0.15, -0.1) is 0 Å². The molecule has 0 aliphatic rings. The lowest BCUT2D eigenvalue weighted by Crippen LogP contribution is -2.12. The predicted molar refractivity (Wildman–Crippen MR) is 73.9 cm³/mol. The van der Waals surface area contributed by atoms with Crippen LogP contribution in [0.5, 0.6) is 11.5 Å². The average Bonchev–Trinajstić information content (AvgIpc) is 2.44. The normalized spacial score (nSPS) is 10.1. The van der Waals surface area contributed by atoms with E-state index < -0.39 is 0 Å². The fourth-order valence-electron chi connectivity index (χ4n) is 2.12. The van der Waals surface area contributed by atoms with Crippen LogP contribution in [-0.2, 0) is 0 Å². The number of hydrogen-bond donors (Lipinski definition) is 0. The fraction of sp³-hybridized carbons (Fsp3) is 0.286. The van der Waals surface area contributed by atoms with E-state index in [9.17, 15) is 5.26 Å². The molecule has 0 aliphatic heterocycles. The molecule has 0 fully saturated rings. The molecule has 0 N–H and O–H groups in total. The van der Waals surface area contributed by atoms with Crippen LogP contribution < -0.4 is 14.4 Å². The zero-order valence-electron chi connectivity index (χ0n) is 11.4. The van der Waals surface area contributed by atoms with E-state index in [2.05, 4.69) is 11.1 Å². The van der Waals surface area contributed by atoms with Crippen molar-refractivity contribution >= 4 is 16.6 Å². The number of benzene rings is 1. The number of ether oxygens (including phenoxy) is 2. The molecule has 1 aromatic heterocycles. The number of nitriles is 1. The largest absolute Gasteiger partial charge is 0.496 e. The second kappa shape index (κ2) is 5.02. The monoisotopic (exact) mass is 257 g/mol. The number of pyridine rings is 1. The molecule has 0 aliphatic carbocycles. The van der Waals surface area contributed by atoms with Crippen molar-refractivity contribution in [3.8, 4) is 17.6 Å². The number of rotatable bonds is 3. The summed E-state index contributed by atoms with van der Waals surface area (Å²) in [5.74, 6) is 1.33. The molecule has 0 saturated carbocycles. The van der Waals surface area contributed by atoms with Gasteiger partial charge in [-0.25, -0.2) is 0 Å². The summed E-state index contributed by atoms with van der Waals surface area (Å²) in [6.07, 6.45) is 1.56. The first-order valence-corrected chi connectivity index (χ1v) is 5.75. The molecule has 98 valence electrons. The van der Waals surface area contributed by atoms with E-state index in [1.807, 2.05) is 25.1 Å². The van der Waals surface area contributed by atoms with Crippen molar-refractivity contribution in [1.82, 2.24) is 4.98 Å². The van der Waals surface area contributed by atoms with Gasteiger partial charge in [-0.1, -0.05) is 0 Å². The van der Waals surface area contributed by atoms with Crippen LogP contribution in [0.4, 0.5) is 5.69 Å². The van der Waals surface area contributed by atoms with Crippen molar-refractivity contribution in [2.45, 2.75) is 0 Å². The first-order chi connectivity index (χ1) is 9.13. The molecule has 0 saturated heterocycles. The van der Waals surface area contributed by atoms with Crippen LogP contribution in [0.25, 0.3) is 10.9 Å². The van der Waals surface area contributed by atoms with Gasteiger partial charge in [0.1, 0.15) is 23.1 Å². The van der Waals surface area contributed by atoms with E-state index in [-0.39, 0.29) is 0 Å². The second-order valence-electron chi connectivity index (χ2n) is 4.22. The van der Waals surface area contributed by atoms with Gasteiger partial charge >= 0.3 is 0 Å². The lowest BCUT2D eigenvalue weighted by molar-refractivity contribution is 0.410. The number of aromatic nitrogens is 1. The summed E-state index contributed by atoms with van der Waals surface area (Å²) in [7, 11) is 6.96. The Balaban J connectivity index is 2.97. The Morgan fingerprint density at radius 1 is 1.16 bits per heavy atom. The van der Waals surface area contributed by atoms with Crippen LogP contribution in [0.15, 0.2) is 18.3 Å². The zero-order valence-corrected chi connectivity index (χ0v) is 11.4. The summed E-state index contributed by atoms with van der Waals surface area (Å²) in [5, 5.41) is 10.0. The van der Waals surface area contributed by atoms with E-state index in [1.54, 1.807) is 26.5 Å². The van der Waals surface area contributed by atoms with Crippen LogP contribution in [0.1, 0.15) is 5.56 Å². The number of hydrogen-bond acceptors (Lipinski definition) is 5. The summed E-state index contributed by atoms with van der Waals surface area (Å²) in [6.45, 7) is 0. The molecule has 1 aromatic carbocycles. The smallest absolute Gasteiger partial charge is 0.145 e. The Labute approximate surface area is 112 Å². The summed E-state index contributed by atoms with van der Waals surface area (Å²) < 4.78 is 10.7. The van der Waals surface area contributed by atoms with Crippen molar-refractivity contribution in [1.29, 1.82) is 5.26 Å². The highest BCUT2D eigenvalue weighted by molar-refractivity contribution is 6.01. The highest BCUT2D eigenvalue weighted by Gasteiger charge is 2.17. The van der Waals surface area contributed by atoms with Gasteiger partial charge in [0.05, 0.1) is 30.9 Å². The van der Waals surface area contributed by atoms with E-state index in [0.717, 1.165) is 11.1 Å². The van der Waals surface area contributed by atoms with Crippen LogP contribution in [0.3, 0.4) is 0 Å². The Morgan fingerprint density at radius 2 is 1.79 bits per heavy atom. The van der Waals surface area contributed by atoms with Gasteiger partial charge in [-0.3, -0.25) is 4.98 Å². The third-order valence-corrected chi connectivity index (χ3v) is 2.92. The maximum atomic E-state index is 9.23. The molecule has 0 unspecified atom stereocenters. The van der Waals surface area contributed by atoms with Gasteiger partial charge in [0.25, 0.3) is 0 Å². The van der Waals surface area contributed by atoms with Crippen LogP contribution in [0, 0.1) is 11.3 Å². The second-order valence-corrected chi connectivity index (χ2v) is 4.22. The van der Waals surface area contributed by atoms with Crippen molar-refractivity contribution in [3.63, 3.8) is 0 Å². The zero-order chi connectivity index (χ0) is 14.0. The van der Waals surface area contributed by atoms with Crippen molar-refractivity contribution < 1.29 is 9.47 Å². The van der Waals surface area contributed by atoms with E-state index >= 15 is 0 Å². The Morgan fingerprint density at radius 3 is 2.32 bits per heavy atom. The maximum absolute atomic E-state index is 9.23. The minimum atomic E-state index is 0.504. The molecule has 2 rings (SSSR count). The highest BCUT2D eigenvalue weighted by atomic mass is 16.5. The standard InChI is InChI=1S/C14H15N3O2/c1-17(2)14-9(7-15)8-16-13-11(19-4)6-5-10(18-3)12(13)14/h5-6,8H,1-4H3. The van der Waals surface area contributed by atoms with Gasteiger partial charge in [0.2, 0.25) is 0 Å². The predicted octanol–water partition coefficient (Wildman–Crippen LogP) is 2.19. The fourth-order valence-corrected chi connectivity index (χ4v) is 2.12. The average molecular weight is 257 g/mol. The Kier molecular flexibility index (Phi) is 3.43. The number of anilines is 1. The molecule has 0 spiro atoms. The number of fused-ring (bicyclic) bond motifs is 1. The first kappa shape index (κ1) is 13.0. The van der Waals surface area contributed by atoms with E-state index in [1.165, 1.54) is 0 Å². The van der Waals surface area contributed by atoms with Gasteiger partial charge < -0.3 is 14.4 Å². The Hall–Kier alpha value is -2.48. The highest BCUT2D eigenvalue weighted by Crippen LogP contribution is 2.39. The third kappa shape index (κ3) is 2.02. The molecule has 2 aromatic rings. The summed E-state index contributed by atoms with van der Waals surface area (Å²) in [6, 6.07) is 5.78. The van der Waals surface area contributed by atoms with Gasteiger partial charge in [-0.05, 0) is 12.1 Å². The molecular formula is C14H15N3O2.